The minimum absolute atomic E-state index is 0.0906. The maximum absolute atomic E-state index is 13.1. The number of imidazole rings is 1. The van der Waals surface area contributed by atoms with Gasteiger partial charge < -0.3 is 10.3 Å². The predicted molar refractivity (Wildman–Crippen MR) is 96.0 cm³/mol. The zero-order chi connectivity index (χ0) is 17.7. The highest BCUT2D eigenvalue weighted by atomic mass is 19.1. The van der Waals surface area contributed by atoms with Gasteiger partial charge in [0.1, 0.15) is 17.2 Å². The Hall–Kier alpha value is -2.76. The molecule has 0 spiro atoms. The van der Waals surface area contributed by atoms with E-state index in [0.29, 0.717) is 28.5 Å². The minimum atomic E-state index is -0.297. The van der Waals surface area contributed by atoms with Crippen LogP contribution >= 0.6 is 0 Å². The molecule has 2 heterocycles. The Labute approximate surface area is 150 Å². The van der Waals surface area contributed by atoms with Crippen molar-refractivity contribution in [2.45, 2.75) is 31.7 Å². The summed E-state index contributed by atoms with van der Waals surface area (Å²) in [6, 6.07) is 8.07. The molecule has 2 fully saturated rings. The first-order chi connectivity index (χ1) is 12.7. The Kier molecular flexibility index (Phi) is 3.51. The molecule has 3 atom stereocenters. The summed E-state index contributed by atoms with van der Waals surface area (Å²) >= 11 is 0. The van der Waals surface area contributed by atoms with E-state index in [1.54, 1.807) is 24.4 Å². The highest BCUT2D eigenvalue weighted by molar-refractivity contribution is 6.04. The normalized spacial score (nSPS) is 24.3. The van der Waals surface area contributed by atoms with Crippen LogP contribution in [0.25, 0.3) is 22.6 Å². The van der Waals surface area contributed by atoms with Crippen LogP contribution in [0.2, 0.25) is 0 Å². The monoisotopic (exact) mass is 350 g/mol. The predicted octanol–water partition coefficient (Wildman–Crippen LogP) is 3.68. The molecular weight excluding hydrogens is 331 g/mol. The summed E-state index contributed by atoms with van der Waals surface area (Å²) in [7, 11) is 0. The van der Waals surface area contributed by atoms with Gasteiger partial charge in [-0.05, 0) is 61.4 Å². The quantitative estimate of drug-likeness (QED) is 0.757. The van der Waals surface area contributed by atoms with Gasteiger partial charge in [-0.3, -0.25) is 4.79 Å². The Bertz CT molecular complexity index is 981. The number of halogens is 1. The molecular formula is C20H19FN4O. The SMILES string of the molecule is O=C(N[C@@H]1CC2CCC1C2)c1ccnc2[nH]c(-c3ccc(F)cc3)nc12. The molecule has 2 aromatic heterocycles. The summed E-state index contributed by atoms with van der Waals surface area (Å²) in [4.78, 5) is 24.8. The number of nitrogens with zero attached hydrogens (tertiary/aromatic N) is 2. The summed E-state index contributed by atoms with van der Waals surface area (Å²) in [5.74, 6) is 1.59. The van der Waals surface area contributed by atoms with E-state index in [-0.39, 0.29) is 17.8 Å². The minimum Gasteiger partial charge on any atom is -0.349 e. The molecule has 6 heteroatoms. The van der Waals surface area contributed by atoms with E-state index in [1.807, 2.05) is 0 Å². The van der Waals surface area contributed by atoms with Gasteiger partial charge in [0, 0.05) is 17.8 Å². The lowest BCUT2D eigenvalue weighted by Gasteiger charge is -2.22. The summed E-state index contributed by atoms with van der Waals surface area (Å²) in [5, 5.41) is 3.21. The van der Waals surface area contributed by atoms with Gasteiger partial charge in [-0.15, -0.1) is 0 Å². The second kappa shape index (κ2) is 5.90. The number of hydrogen-bond acceptors (Lipinski definition) is 3. The number of carbonyl (C=O) groups is 1. The molecule has 0 aliphatic heterocycles. The smallest absolute Gasteiger partial charge is 0.253 e. The molecule has 2 bridgehead atoms. The van der Waals surface area contributed by atoms with Crippen molar-refractivity contribution in [1.82, 2.24) is 20.3 Å². The number of rotatable bonds is 3. The van der Waals surface area contributed by atoms with Gasteiger partial charge in [0.2, 0.25) is 0 Å². The van der Waals surface area contributed by atoms with E-state index in [4.69, 9.17) is 0 Å². The fraction of sp³-hybridized carbons (Fsp3) is 0.350. The van der Waals surface area contributed by atoms with E-state index >= 15 is 0 Å². The lowest BCUT2D eigenvalue weighted by atomic mass is 9.95. The number of aromatic nitrogens is 3. The highest BCUT2D eigenvalue weighted by Crippen LogP contribution is 2.44. The number of carbonyl (C=O) groups excluding carboxylic acids is 1. The Balaban J connectivity index is 1.46. The molecule has 0 saturated heterocycles. The van der Waals surface area contributed by atoms with Crippen molar-refractivity contribution in [2.24, 2.45) is 11.8 Å². The van der Waals surface area contributed by atoms with Crippen LogP contribution in [0.3, 0.4) is 0 Å². The maximum atomic E-state index is 13.1. The molecule has 2 aliphatic carbocycles. The van der Waals surface area contributed by atoms with Crippen molar-refractivity contribution in [2.75, 3.05) is 0 Å². The highest BCUT2D eigenvalue weighted by Gasteiger charge is 2.40. The zero-order valence-electron chi connectivity index (χ0n) is 14.2. The van der Waals surface area contributed by atoms with Gasteiger partial charge in [-0.1, -0.05) is 6.42 Å². The molecule has 2 unspecified atom stereocenters. The van der Waals surface area contributed by atoms with E-state index in [9.17, 15) is 9.18 Å². The lowest BCUT2D eigenvalue weighted by Crippen LogP contribution is -2.38. The largest absolute Gasteiger partial charge is 0.349 e. The van der Waals surface area contributed by atoms with Crippen LogP contribution in [0.15, 0.2) is 36.5 Å². The van der Waals surface area contributed by atoms with Crippen molar-refractivity contribution in [3.63, 3.8) is 0 Å². The van der Waals surface area contributed by atoms with Crippen LogP contribution in [0, 0.1) is 17.7 Å². The first-order valence-corrected chi connectivity index (χ1v) is 9.09. The molecule has 2 N–H and O–H groups in total. The number of pyridine rings is 1. The molecule has 26 heavy (non-hydrogen) atoms. The van der Waals surface area contributed by atoms with Crippen LogP contribution in [0.5, 0.6) is 0 Å². The fourth-order valence-electron chi connectivity index (χ4n) is 4.51. The van der Waals surface area contributed by atoms with Crippen LogP contribution in [-0.2, 0) is 0 Å². The number of aromatic amines is 1. The zero-order valence-corrected chi connectivity index (χ0v) is 14.2. The average molecular weight is 350 g/mol. The van der Waals surface area contributed by atoms with Gasteiger partial charge in [0.15, 0.2) is 5.65 Å². The van der Waals surface area contributed by atoms with Crippen molar-refractivity contribution >= 4 is 17.1 Å². The summed E-state index contributed by atoms with van der Waals surface area (Å²) in [5.41, 5.74) is 2.39. The third-order valence-corrected chi connectivity index (χ3v) is 5.80. The van der Waals surface area contributed by atoms with Gasteiger partial charge in [-0.2, -0.15) is 0 Å². The lowest BCUT2D eigenvalue weighted by molar-refractivity contribution is 0.0924. The number of fused-ring (bicyclic) bond motifs is 3. The molecule has 2 aliphatic rings. The van der Waals surface area contributed by atoms with Gasteiger partial charge in [0.05, 0.1) is 5.56 Å². The van der Waals surface area contributed by atoms with Crippen molar-refractivity contribution < 1.29 is 9.18 Å². The number of benzene rings is 1. The number of hydrogen-bond donors (Lipinski definition) is 2. The van der Waals surface area contributed by atoms with Crippen LogP contribution in [0.1, 0.15) is 36.0 Å². The van der Waals surface area contributed by atoms with Crippen molar-refractivity contribution in [1.29, 1.82) is 0 Å². The summed E-state index contributed by atoms with van der Waals surface area (Å²) < 4.78 is 13.1. The van der Waals surface area contributed by atoms with E-state index < -0.39 is 0 Å². The number of nitrogens with one attached hydrogen (secondary N) is 2. The van der Waals surface area contributed by atoms with E-state index in [0.717, 1.165) is 17.9 Å². The van der Waals surface area contributed by atoms with Gasteiger partial charge in [0.25, 0.3) is 5.91 Å². The first kappa shape index (κ1) is 15.5. The molecule has 0 radical (unpaired) electrons. The summed E-state index contributed by atoms with van der Waals surface area (Å²) in [6.07, 6.45) is 6.47. The number of amides is 1. The average Bonchev–Trinajstić information content (AvgIpc) is 3.36. The topological polar surface area (TPSA) is 70.7 Å². The van der Waals surface area contributed by atoms with Gasteiger partial charge in [-0.25, -0.2) is 14.4 Å². The second-order valence-corrected chi connectivity index (χ2v) is 7.40. The third kappa shape index (κ3) is 2.57. The van der Waals surface area contributed by atoms with Crippen LogP contribution in [-0.4, -0.2) is 26.9 Å². The fourth-order valence-corrected chi connectivity index (χ4v) is 4.51. The molecule has 5 nitrogen and oxygen atoms in total. The Morgan fingerprint density at radius 3 is 2.73 bits per heavy atom. The van der Waals surface area contributed by atoms with E-state index in [2.05, 4.69) is 20.3 Å². The van der Waals surface area contributed by atoms with Crippen LogP contribution < -0.4 is 5.32 Å². The Morgan fingerprint density at radius 2 is 2.00 bits per heavy atom. The molecule has 2 saturated carbocycles. The Morgan fingerprint density at radius 1 is 1.15 bits per heavy atom. The van der Waals surface area contributed by atoms with Crippen molar-refractivity contribution in [3.8, 4) is 11.4 Å². The van der Waals surface area contributed by atoms with Crippen molar-refractivity contribution in [3.05, 3.63) is 47.9 Å². The first-order valence-electron chi connectivity index (χ1n) is 9.09. The van der Waals surface area contributed by atoms with E-state index in [1.165, 1.54) is 31.4 Å². The molecule has 3 aromatic rings. The van der Waals surface area contributed by atoms with Crippen LogP contribution in [0.4, 0.5) is 4.39 Å². The molecule has 5 rings (SSSR count). The van der Waals surface area contributed by atoms with Gasteiger partial charge >= 0.3 is 0 Å². The molecule has 1 aromatic carbocycles. The molecule has 132 valence electrons. The third-order valence-electron chi connectivity index (χ3n) is 5.80. The molecule has 1 amide bonds. The standard InChI is InChI=1S/C20H19FN4O/c21-14-5-3-12(4-6-14)18-24-17-15(7-8-22-19(17)25-18)20(26)23-16-10-11-1-2-13(16)9-11/h3-8,11,13,16H,1-2,9-10H2,(H,23,26)(H,22,24,25)/t11?,13?,16-/m1/s1. The number of H-pyrrole nitrogens is 1. The summed E-state index contributed by atoms with van der Waals surface area (Å²) in [6.45, 7) is 0. The maximum Gasteiger partial charge on any atom is 0.253 e. The second-order valence-electron chi connectivity index (χ2n) is 7.40.